The van der Waals surface area contributed by atoms with Crippen LogP contribution in [-0.2, 0) is 7.05 Å². The lowest BCUT2D eigenvalue weighted by Crippen LogP contribution is -2.23. The number of benzene rings is 2. The van der Waals surface area contributed by atoms with Gasteiger partial charge in [-0.3, -0.25) is 23.7 Å². The molecule has 146 valence electrons. The maximum atomic E-state index is 12.7. The summed E-state index contributed by atoms with van der Waals surface area (Å²) in [4.78, 5) is 49.5. The first-order valence-corrected chi connectivity index (χ1v) is 9.36. The van der Waals surface area contributed by atoms with Crippen LogP contribution in [0.4, 0.5) is 0 Å². The third kappa shape index (κ3) is 3.11. The van der Waals surface area contributed by atoms with Gasteiger partial charge >= 0.3 is 0 Å². The van der Waals surface area contributed by atoms with E-state index in [1.54, 1.807) is 18.2 Å². The summed E-state index contributed by atoms with van der Waals surface area (Å²) in [7, 11) is 1.37. The van der Waals surface area contributed by atoms with E-state index in [0.29, 0.717) is 5.69 Å². The Labute approximate surface area is 162 Å². The summed E-state index contributed by atoms with van der Waals surface area (Å²) in [6.07, 6.45) is 0. The molecule has 4 aromatic rings. The van der Waals surface area contributed by atoms with E-state index in [1.807, 2.05) is 40.7 Å². The lowest BCUT2D eigenvalue weighted by Gasteiger charge is -2.00. The molecule has 2 aromatic heterocycles. The smallest absolute Gasteiger partial charge is 0.266 e. The summed E-state index contributed by atoms with van der Waals surface area (Å²) in [6, 6.07) is 9.74. The second-order valence-corrected chi connectivity index (χ2v) is 5.90. The maximum absolute atomic E-state index is 12.7. The third-order valence-corrected chi connectivity index (χ3v) is 4.35. The number of fused-ring (bicyclic) bond motifs is 2. The van der Waals surface area contributed by atoms with Crippen LogP contribution >= 0.6 is 0 Å². The molecule has 0 N–H and O–H groups in total. The average Bonchev–Trinajstić information content (AvgIpc) is 3.09. The molecule has 0 aliphatic heterocycles. The van der Waals surface area contributed by atoms with Gasteiger partial charge < -0.3 is 0 Å². The van der Waals surface area contributed by atoms with E-state index in [0.717, 1.165) is 14.7 Å². The summed E-state index contributed by atoms with van der Waals surface area (Å²) in [5, 5.41) is 0.621. The van der Waals surface area contributed by atoms with Crippen molar-refractivity contribution in [1.82, 2.24) is 9.13 Å². The summed E-state index contributed by atoms with van der Waals surface area (Å²) < 4.78 is 2.05. The van der Waals surface area contributed by atoms with Crippen molar-refractivity contribution in [3.63, 3.8) is 0 Å². The van der Waals surface area contributed by atoms with Gasteiger partial charge in [0.2, 0.25) is 0 Å². The van der Waals surface area contributed by atoms with Crippen LogP contribution in [0.15, 0.2) is 55.6 Å². The van der Waals surface area contributed by atoms with Crippen LogP contribution in [0, 0.1) is 6.92 Å². The minimum absolute atomic E-state index is 0.150. The highest BCUT2D eigenvalue weighted by Crippen LogP contribution is 2.16. The number of aromatic nitrogens is 2. The lowest BCUT2D eigenvalue weighted by atomic mass is 10.1. The maximum Gasteiger partial charge on any atom is 0.266 e. The van der Waals surface area contributed by atoms with Crippen molar-refractivity contribution in [1.29, 1.82) is 0 Å². The van der Waals surface area contributed by atoms with Crippen molar-refractivity contribution < 1.29 is 0 Å². The van der Waals surface area contributed by atoms with E-state index in [9.17, 15) is 19.2 Å². The van der Waals surface area contributed by atoms with Gasteiger partial charge in [0, 0.05) is 7.05 Å². The first-order valence-electron chi connectivity index (χ1n) is 9.36. The molecule has 6 nitrogen and oxygen atoms in total. The Morgan fingerprint density at radius 2 is 1.07 bits per heavy atom. The zero-order valence-electron chi connectivity index (χ0n) is 17.0. The van der Waals surface area contributed by atoms with Crippen molar-refractivity contribution >= 4 is 21.5 Å². The molecular weight excluding hydrogens is 356 g/mol. The highest BCUT2D eigenvalue weighted by molar-refractivity contribution is 5.98. The molecule has 0 atom stereocenters. The molecule has 0 saturated heterocycles. The van der Waals surface area contributed by atoms with Gasteiger partial charge in [-0.05, 0) is 36.8 Å². The van der Waals surface area contributed by atoms with Crippen LogP contribution in [0.25, 0.3) is 27.2 Å². The highest BCUT2D eigenvalue weighted by Gasteiger charge is 2.19. The van der Waals surface area contributed by atoms with Gasteiger partial charge in [0.25, 0.3) is 22.2 Å². The van der Waals surface area contributed by atoms with Gasteiger partial charge in [-0.1, -0.05) is 39.8 Å². The number of aryl methyl sites for hydroxylation is 1. The van der Waals surface area contributed by atoms with Crippen LogP contribution < -0.4 is 22.2 Å². The van der Waals surface area contributed by atoms with Crippen LogP contribution in [0.3, 0.4) is 0 Å². The molecule has 0 fully saturated rings. The quantitative estimate of drug-likeness (QED) is 0.509. The minimum atomic E-state index is -0.488. The fourth-order valence-electron chi connectivity index (χ4n) is 3.10. The van der Waals surface area contributed by atoms with Crippen LogP contribution in [0.5, 0.6) is 0 Å². The highest BCUT2D eigenvalue weighted by atomic mass is 16.2. The number of hydrogen-bond acceptors (Lipinski definition) is 4. The molecule has 2 heterocycles. The molecule has 0 saturated carbocycles. The number of rotatable bonds is 1. The zero-order valence-corrected chi connectivity index (χ0v) is 17.0. The summed E-state index contributed by atoms with van der Waals surface area (Å²) in [6.45, 7) is 9.86. The van der Waals surface area contributed by atoms with Crippen LogP contribution in [0.1, 0.15) is 33.3 Å². The van der Waals surface area contributed by atoms with Gasteiger partial charge in [-0.2, -0.15) is 0 Å². The molecular formula is C22H24N2O4. The standard InChI is InChI=1S/C18H12N2O4.2C2H6/c1-9-4-3-5-10(6-9)20-17(23)13-7-11-12(8-14(13)18(20)24)16(22)19(2)15(11)21;2*1-2/h3-8H,1-2H3;2*1-2H3. The molecule has 0 radical (unpaired) electrons. The molecule has 0 aliphatic carbocycles. The van der Waals surface area contributed by atoms with Gasteiger partial charge in [0.05, 0.1) is 27.2 Å². The largest absolute Gasteiger partial charge is 0.277 e. The van der Waals surface area contributed by atoms with Crippen molar-refractivity contribution in [2.24, 2.45) is 7.05 Å². The van der Waals surface area contributed by atoms with Gasteiger partial charge in [0.1, 0.15) is 0 Å². The molecule has 0 spiro atoms. The molecule has 0 aliphatic rings. The third-order valence-electron chi connectivity index (χ3n) is 4.35. The fraction of sp³-hybridized carbons (Fsp3) is 0.273. The Morgan fingerprint density at radius 3 is 1.50 bits per heavy atom. The molecule has 4 rings (SSSR count). The lowest BCUT2D eigenvalue weighted by molar-refractivity contribution is 0.856. The second kappa shape index (κ2) is 8.17. The monoisotopic (exact) mass is 380 g/mol. The van der Waals surface area contributed by atoms with E-state index in [4.69, 9.17) is 0 Å². The molecule has 2 aromatic carbocycles. The first-order chi connectivity index (χ1) is 13.4. The minimum Gasteiger partial charge on any atom is -0.277 e. The van der Waals surface area contributed by atoms with Crippen LogP contribution in [-0.4, -0.2) is 9.13 Å². The second-order valence-electron chi connectivity index (χ2n) is 5.90. The van der Waals surface area contributed by atoms with Gasteiger partial charge in [-0.15, -0.1) is 0 Å². The van der Waals surface area contributed by atoms with Crippen molar-refractivity contribution in [3.05, 3.63) is 83.4 Å². The molecule has 0 bridgehead atoms. The Hall–Kier alpha value is -3.28. The van der Waals surface area contributed by atoms with E-state index in [-0.39, 0.29) is 21.5 Å². The first kappa shape index (κ1) is 21.0. The topological polar surface area (TPSA) is 78.1 Å². The number of hydrogen-bond donors (Lipinski definition) is 0. The number of nitrogens with zero attached hydrogens (tertiary/aromatic N) is 2. The van der Waals surface area contributed by atoms with Gasteiger partial charge in [0.15, 0.2) is 0 Å². The normalized spacial score (nSPS) is 10.4. The Balaban J connectivity index is 0.000000660. The van der Waals surface area contributed by atoms with E-state index in [2.05, 4.69) is 0 Å². The predicted octanol–water partition coefficient (Wildman–Crippen LogP) is 2.80. The zero-order chi connectivity index (χ0) is 21.2. The molecule has 0 amide bonds. The summed E-state index contributed by atoms with van der Waals surface area (Å²) >= 11 is 0. The Bertz CT molecular complexity index is 1270. The molecule has 28 heavy (non-hydrogen) atoms. The fourth-order valence-corrected chi connectivity index (χ4v) is 3.10. The van der Waals surface area contributed by atoms with E-state index in [1.165, 1.54) is 19.2 Å². The Morgan fingerprint density at radius 1 is 0.643 bits per heavy atom. The van der Waals surface area contributed by atoms with Crippen LogP contribution in [0.2, 0.25) is 0 Å². The average molecular weight is 380 g/mol. The van der Waals surface area contributed by atoms with E-state index >= 15 is 0 Å². The van der Waals surface area contributed by atoms with Crippen molar-refractivity contribution in [2.75, 3.05) is 0 Å². The predicted molar refractivity (Wildman–Crippen MR) is 115 cm³/mol. The van der Waals surface area contributed by atoms with Crippen molar-refractivity contribution in [2.45, 2.75) is 34.6 Å². The SMILES string of the molecule is CC.CC.Cc1cccc(-n2c(=O)c3cc4c(=O)n(C)c(=O)c4cc3c2=O)c1. The Kier molecular flexibility index (Phi) is 6.13. The molecule has 6 heteroatoms. The molecule has 0 unspecified atom stereocenters. The summed E-state index contributed by atoms with van der Waals surface area (Å²) in [5.41, 5.74) is -0.523. The van der Waals surface area contributed by atoms with Gasteiger partial charge in [-0.25, -0.2) is 4.57 Å². The van der Waals surface area contributed by atoms with Crippen molar-refractivity contribution in [3.8, 4) is 5.69 Å². The van der Waals surface area contributed by atoms with E-state index < -0.39 is 22.2 Å². The summed E-state index contributed by atoms with van der Waals surface area (Å²) in [5.74, 6) is 0.